The first-order chi connectivity index (χ1) is 7.29. The molecule has 3 heteroatoms. The summed E-state index contributed by atoms with van der Waals surface area (Å²) in [5.74, 6) is 0.610. The van der Waals surface area contributed by atoms with Crippen LogP contribution >= 0.6 is 0 Å². The third-order valence-corrected chi connectivity index (χ3v) is 3.87. The van der Waals surface area contributed by atoms with Crippen molar-refractivity contribution < 1.29 is 4.79 Å². The molecule has 0 unspecified atom stereocenters. The maximum Gasteiger partial charge on any atom is 0.226 e. The van der Waals surface area contributed by atoms with E-state index in [-0.39, 0.29) is 5.92 Å². The number of nitrogens with one attached hydrogen (secondary N) is 1. The molecule has 0 aromatic heterocycles. The lowest BCUT2D eigenvalue weighted by Gasteiger charge is -2.30. The first kappa shape index (κ1) is 10.9. The Balaban J connectivity index is 1.87. The lowest BCUT2D eigenvalue weighted by atomic mass is 9.97. The van der Waals surface area contributed by atoms with Crippen LogP contribution in [0.2, 0.25) is 0 Å². The summed E-state index contributed by atoms with van der Waals surface area (Å²) in [7, 11) is 1.99. The Morgan fingerprint density at radius 1 is 1.20 bits per heavy atom. The molecular weight excluding hydrogens is 188 g/mol. The molecular formula is C12H22N2O. The van der Waals surface area contributed by atoms with E-state index in [1.54, 1.807) is 0 Å². The Labute approximate surface area is 92.2 Å². The van der Waals surface area contributed by atoms with Gasteiger partial charge in [0.2, 0.25) is 5.91 Å². The van der Waals surface area contributed by atoms with Crippen LogP contribution in [0.25, 0.3) is 0 Å². The number of carbonyl (C=O) groups excluding carboxylic acids is 1. The first-order valence-corrected chi connectivity index (χ1v) is 6.26. The van der Waals surface area contributed by atoms with Crippen LogP contribution in [0.15, 0.2) is 0 Å². The van der Waals surface area contributed by atoms with Gasteiger partial charge in [-0.05, 0) is 32.2 Å². The van der Waals surface area contributed by atoms with E-state index < -0.39 is 0 Å². The Morgan fingerprint density at radius 3 is 2.53 bits per heavy atom. The van der Waals surface area contributed by atoms with E-state index in [0.717, 1.165) is 25.9 Å². The zero-order valence-electron chi connectivity index (χ0n) is 9.67. The molecule has 1 saturated heterocycles. The zero-order valence-corrected chi connectivity index (χ0v) is 9.67. The van der Waals surface area contributed by atoms with E-state index >= 15 is 0 Å². The van der Waals surface area contributed by atoms with Crippen LogP contribution in [0.1, 0.15) is 38.5 Å². The molecule has 2 fully saturated rings. The summed E-state index contributed by atoms with van der Waals surface area (Å²) in [4.78, 5) is 14.2. The average molecular weight is 210 g/mol. The van der Waals surface area contributed by atoms with Crippen LogP contribution in [-0.2, 0) is 4.79 Å². The lowest BCUT2D eigenvalue weighted by Crippen LogP contribution is -2.44. The number of carbonyl (C=O) groups is 1. The number of hydrogen-bond acceptors (Lipinski definition) is 2. The maximum atomic E-state index is 12.2. The second kappa shape index (κ2) is 4.97. The highest BCUT2D eigenvalue weighted by Crippen LogP contribution is 2.24. The molecule has 86 valence electrons. The molecule has 3 nitrogen and oxygen atoms in total. The SMILES string of the molecule is CN(C(=O)[C@@H]1CCCNC1)C1CCCC1. The van der Waals surface area contributed by atoms with Crippen molar-refractivity contribution in [1.82, 2.24) is 10.2 Å². The van der Waals surface area contributed by atoms with Crippen LogP contribution in [0.4, 0.5) is 0 Å². The third kappa shape index (κ3) is 2.51. The van der Waals surface area contributed by atoms with Gasteiger partial charge < -0.3 is 10.2 Å². The molecule has 0 radical (unpaired) electrons. The third-order valence-electron chi connectivity index (χ3n) is 3.87. The van der Waals surface area contributed by atoms with Crippen LogP contribution < -0.4 is 5.32 Å². The molecule has 1 atom stereocenters. The van der Waals surface area contributed by atoms with Gasteiger partial charge in [-0.15, -0.1) is 0 Å². The molecule has 1 N–H and O–H groups in total. The molecule has 2 aliphatic rings. The minimum Gasteiger partial charge on any atom is -0.342 e. The summed E-state index contributed by atoms with van der Waals surface area (Å²) >= 11 is 0. The summed E-state index contributed by atoms with van der Waals surface area (Å²) in [5, 5.41) is 3.31. The minimum atomic E-state index is 0.240. The highest BCUT2D eigenvalue weighted by molar-refractivity contribution is 5.79. The van der Waals surface area contributed by atoms with E-state index in [2.05, 4.69) is 5.32 Å². The normalized spacial score (nSPS) is 27.9. The van der Waals surface area contributed by atoms with Crippen molar-refractivity contribution in [3.8, 4) is 0 Å². The summed E-state index contributed by atoms with van der Waals surface area (Å²) in [6, 6.07) is 0.527. The van der Waals surface area contributed by atoms with Crippen LogP contribution in [-0.4, -0.2) is 37.0 Å². The molecule has 1 aliphatic carbocycles. The van der Waals surface area contributed by atoms with Crippen LogP contribution in [0, 0.1) is 5.92 Å². The summed E-state index contributed by atoms with van der Waals surface area (Å²) in [6.07, 6.45) is 7.24. The fraction of sp³-hybridized carbons (Fsp3) is 0.917. The van der Waals surface area contributed by atoms with Gasteiger partial charge in [-0.25, -0.2) is 0 Å². The topological polar surface area (TPSA) is 32.3 Å². The molecule has 0 spiro atoms. The first-order valence-electron chi connectivity index (χ1n) is 6.26. The van der Waals surface area contributed by atoms with Crippen LogP contribution in [0.5, 0.6) is 0 Å². The average Bonchev–Trinajstić information content (AvgIpc) is 2.82. The van der Waals surface area contributed by atoms with Crippen molar-refractivity contribution >= 4 is 5.91 Å². The van der Waals surface area contributed by atoms with Gasteiger partial charge in [0, 0.05) is 19.6 Å². The minimum absolute atomic E-state index is 0.240. The van der Waals surface area contributed by atoms with Crippen molar-refractivity contribution in [2.45, 2.75) is 44.6 Å². The second-order valence-electron chi connectivity index (χ2n) is 4.93. The van der Waals surface area contributed by atoms with Gasteiger partial charge in [-0.2, -0.15) is 0 Å². The van der Waals surface area contributed by atoms with E-state index in [9.17, 15) is 4.79 Å². The van der Waals surface area contributed by atoms with Gasteiger partial charge in [0.25, 0.3) is 0 Å². The number of hydrogen-bond donors (Lipinski definition) is 1. The largest absolute Gasteiger partial charge is 0.342 e. The van der Waals surface area contributed by atoms with Crippen molar-refractivity contribution in [2.75, 3.05) is 20.1 Å². The van der Waals surface area contributed by atoms with Gasteiger partial charge >= 0.3 is 0 Å². The molecule has 1 heterocycles. The van der Waals surface area contributed by atoms with Crippen molar-refractivity contribution in [1.29, 1.82) is 0 Å². The Bertz CT molecular complexity index is 218. The molecule has 1 aliphatic heterocycles. The Hall–Kier alpha value is -0.570. The van der Waals surface area contributed by atoms with Crippen molar-refractivity contribution in [3.63, 3.8) is 0 Å². The fourth-order valence-corrected chi connectivity index (χ4v) is 2.82. The summed E-state index contributed by atoms with van der Waals surface area (Å²) in [5.41, 5.74) is 0. The monoisotopic (exact) mass is 210 g/mol. The molecule has 1 saturated carbocycles. The predicted molar refractivity (Wildman–Crippen MR) is 60.6 cm³/mol. The quantitative estimate of drug-likeness (QED) is 0.747. The molecule has 2 rings (SSSR count). The number of rotatable bonds is 2. The zero-order chi connectivity index (χ0) is 10.7. The highest BCUT2D eigenvalue weighted by Gasteiger charge is 2.29. The van der Waals surface area contributed by atoms with Crippen molar-refractivity contribution in [3.05, 3.63) is 0 Å². The van der Waals surface area contributed by atoms with Gasteiger partial charge in [0.15, 0.2) is 0 Å². The molecule has 0 bridgehead atoms. The smallest absolute Gasteiger partial charge is 0.226 e. The van der Waals surface area contributed by atoms with E-state index in [1.165, 1.54) is 25.7 Å². The molecule has 15 heavy (non-hydrogen) atoms. The van der Waals surface area contributed by atoms with E-state index in [0.29, 0.717) is 11.9 Å². The number of nitrogens with zero attached hydrogens (tertiary/aromatic N) is 1. The number of piperidine rings is 1. The Morgan fingerprint density at radius 2 is 1.93 bits per heavy atom. The van der Waals surface area contributed by atoms with Crippen LogP contribution in [0.3, 0.4) is 0 Å². The second-order valence-corrected chi connectivity index (χ2v) is 4.93. The van der Waals surface area contributed by atoms with E-state index in [1.807, 2.05) is 11.9 Å². The standard InChI is InChI=1S/C12H22N2O/c1-14(11-6-2-3-7-11)12(15)10-5-4-8-13-9-10/h10-11,13H,2-9H2,1H3/t10-/m1/s1. The van der Waals surface area contributed by atoms with Gasteiger partial charge in [0.1, 0.15) is 0 Å². The molecule has 1 amide bonds. The fourth-order valence-electron chi connectivity index (χ4n) is 2.82. The summed E-state index contributed by atoms with van der Waals surface area (Å²) in [6.45, 7) is 1.97. The predicted octanol–water partition coefficient (Wildman–Crippen LogP) is 1.39. The molecule has 0 aromatic carbocycles. The van der Waals surface area contributed by atoms with Gasteiger partial charge in [0.05, 0.1) is 5.92 Å². The summed E-state index contributed by atoms with van der Waals surface area (Å²) < 4.78 is 0. The maximum absolute atomic E-state index is 12.2. The highest BCUT2D eigenvalue weighted by atomic mass is 16.2. The Kier molecular flexibility index (Phi) is 3.62. The van der Waals surface area contributed by atoms with Gasteiger partial charge in [-0.1, -0.05) is 12.8 Å². The van der Waals surface area contributed by atoms with Crippen molar-refractivity contribution in [2.24, 2.45) is 5.92 Å². The lowest BCUT2D eigenvalue weighted by molar-refractivity contribution is -0.136. The van der Waals surface area contributed by atoms with E-state index in [4.69, 9.17) is 0 Å². The number of amides is 1. The molecule has 0 aromatic rings. The van der Waals surface area contributed by atoms with Gasteiger partial charge in [-0.3, -0.25) is 4.79 Å².